The Morgan fingerprint density at radius 2 is 2.19 bits per heavy atom. The number of alkyl halides is 2. The molecule has 1 saturated heterocycles. The molecule has 0 bridgehead atoms. The number of carbonyl (C=O) groups is 2. The summed E-state index contributed by atoms with van der Waals surface area (Å²) in [7, 11) is 1.33. The number of hydrogen-bond donors (Lipinski definition) is 1. The molecule has 1 fully saturated rings. The Morgan fingerprint density at radius 3 is 2.87 bits per heavy atom. The van der Waals surface area contributed by atoms with Crippen LogP contribution < -0.4 is 15.4 Å². The first kappa shape index (κ1) is 21.2. The number of carbonyl (C=O) groups excluding carboxylic acids is 2. The van der Waals surface area contributed by atoms with Gasteiger partial charge in [0.1, 0.15) is 30.3 Å². The Morgan fingerprint density at radius 1 is 1.42 bits per heavy atom. The Hall–Kier alpha value is -3.01. The van der Waals surface area contributed by atoms with Crippen LogP contribution in [-0.4, -0.2) is 53.7 Å². The molecular weight excluding hydrogens is 410 g/mol. The predicted octanol–water partition coefficient (Wildman–Crippen LogP) is 1.99. The number of methoxy groups -OCH3 is 1. The van der Waals surface area contributed by atoms with Crippen molar-refractivity contribution in [3.8, 4) is 17.1 Å². The van der Waals surface area contributed by atoms with Gasteiger partial charge in [0.25, 0.3) is 12.3 Å². The normalized spacial score (nSPS) is 21.5. The number of imidazole rings is 1. The van der Waals surface area contributed by atoms with Gasteiger partial charge in [-0.1, -0.05) is 13.0 Å². The largest absolute Gasteiger partial charge is 0.491 e. The third-order valence-electron chi connectivity index (χ3n) is 5.79. The van der Waals surface area contributed by atoms with Gasteiger partial charge in [-0.15, -0.1) is 0 Å². The molecule has 8 nitrogen and oxygen atoms in total. The van der Waals surface area contributed by atoms with Crippen LogP contribution in [0.15, 0.2) is 24.4 Å². The molecule has 0 unspecified atom stereocenters. The second-order valence-corrected chi connectivity index (χ2v) is 7.87. The summed E-state index contributed by atoms with van der Waals surface area (Å²) < 4.78 is 40.0. The van der Waals surface area contributed by atoms with E-state index in [1.165, 1.54) is 7.11 Å². The predicted molar refractivity (Wildman–Crippen MR) is 108 cm³/mol. The number of rotatable bonds is 6. The summed E-state index contributed by atoms with van der Waals surface area (Å²) in [6, 6.07) is 4.23. The van der Waals surface area contributed by atoms with Crippen LogP contribution >= 0.6 is 0 Å². The smallest absolute Gasteiger partial charge is 0.259 e. The Kier molecular flexibility index (Phi) is 5.65. The number of primary amides is 1. The standard InChI is InChI=1S/C21H24F2N4O4/c1-11(19(24)28)7-12-3-4-13-15(8-12)31-6-5-26-10-17(25-20(13)26)27-14(18(22)23)9-16(30-2)21(27)29/h3-4,8,10-11,14,16,18H,5-7,9H2,1-2H3,(H2,24,28)/t11-,14+,16-/m1/s1. The molecule has 3 heterocycles. The van der Waals surface area contributed by atoms with Crippen molar-refractivity contribution in [2.75, 3.05) is 18.6 Å². The molecule has 0 aliphatic carbocycles. The first-order chi connectivity index (χ1) is 14.8. The van der Waals surface area contributed by atoms with Gasteiger partial charge in [-0.25, -0.2) is 13.8 Å². The molecule has 2 amide bonds. The molecule has 31 heavy (non-hydrogen) atoms. The van der Waals surface area contributed by atoms with Gasteiger partial charge >= 0.3 is 0 Å². The van der Waals surface area contributed by atoms with E-state index in [1.807, 2.05) is 18.2 Å². The number of amides is 2. The average molecular weight is 434 g/mol. The van der Waals surface area contributed by atoms with Gasteiger partial charge in [-0.05, 0) is 24.1 Å². The highest BCUT2D eigenvalue weighted by atomic mass is 19.3. The Balaban J connectivity index is 1.69. The van der Waals surface area contributed by atoms with E-state index in [4.69, 9.17) is 15.2 Å². The van der Waals surface area contributed by atoms with Crippen molar-refractivity contribution in [1.82, 2.24) is 9.55 Å². The maximum absolute atomic E-state index is 13.6. The zero-order valence-electron chi connectivity index (χ0n) is 17.3. The fourth-order valence-electron chi connectivity index (χ4n) is 4.05. The van der Waals surface area contributed by atoms with Crippen molar-refractivity contribution in [2.24, 2.45) is 11.7 Å². The average Bonchev–Trinajstić information content (AvgIpc) is 3.24. The van der Waals surface area contributed by atoms with E-state index >= 15 is 0 Å². The van der Waals surface area contributed by atoms with Gasteiger partial charge in [-0.2, -0.15) is 0 Å². The maximum Gasteiger partial charge on any atom is 0.259 e. The zero-order valence-corrected chi connectivity index (χ0v) is 17.3. The number of halogens is 2. The molecule has 166 valence electrons. The lowest BCUT2D eigenvalue weighted by molar-refractivity contribution is -0.125. The molecule has 4 rings (SSSR count). The van der Waals surface area contributed by atoms with Crippen molar-refractivity contribution in [1.29, 1.82) is 0 Å². The molecule has 3 atom stereocenters. The van der Waals surface area contributed by atoms with Gasteiger partial charge in [-0.3, -0.25) is 14.5 Å². The highest BCUT2D eigenvalue weighted by Gasteiger charge is 2.46. The van der Waals surface area contributed by atoms with E-state index in [-0.39, 0.29) is 24.1 Å². The third-order valence-corrected chi connectivity index (χ3v) is 5.79. The SMILES string of the molecule is CO[C@@H]1C[C@@H](C(F)F)N(c2cn3c(n2)-c2ccc(C[C@@H](C)C(N)=O)cc2OCC3)C1=O. The molecule has 0 saturated carbocycles. The summed E-state index contributed by atoms with van der Waals surface area (Å²) >= 11 is 0. The minimum Gasteiger partial charge on any atom is -0.491 e. The van der Waals surface area contributed by atoms with E-state index in [2.05, 4.69) is 4.98 Å². The minimum atomic E-state index is -2.71. The highest BCUT2D eigenvalue weighted by Crippen LogP contribution is 2.37. The summed E-state index contributed by atoms with van der Waals surface area (Å²) in [5.74, 6) is 0.0574. The van der Waals surface area contributed by atoms with Crippen molar-refractivity contribution in [3.05, 3.63) is 30.0 Å². The molecule has 0 spiro atoms. The molecule has 2 aromatic rings. The highest BCUT2D eigenvalue weighted by molar-refractivity contribution is 5.99. The van der Waals surface area contributed by atoms with E-state index in [9.17, 15) is 18.4 Å². The monoisotopic (exact) mass is 434 g/mol. The van der Waals surface area contributed by atoms with Gasteiger partial charge in [0.15, 0.2) is 5.82 Å². The number of nitrogens with two attached hydrogens (primary N) is 1. The lowest BCUT2D eigenvalue weighted by atomic mass is 9.99. The van der Waals surface area contributed by atoms with Crippen LogP contribution in [0, 0.1) is 5.92 Å². The van der Waals surface area contributed by atoms with E-state index < -0.39 is 24.5 Å². The van der Waals surface area contributed by atoms with Crippen LogP contribution in [0.25, 0.3) is 11.4 Å². The van der Waals surface area contributed by atoms with E-state index in [0.717, 1.165) is 10.5 Å². The number of aromatic nitrogens is 2. The van der Waals surface area contributed by atoms with Crippen LogP contribution in [0.4, 0.5) is 14.6 Å². The summed E-state index contributed by atoms with van der Waals surface area (Å²) in [6.07, 6.45) is -1.64. The Bertz CT molecular complexity index is 1010. The minimum absolute atomic E-state index is 0.0870. The molecule has 2 aliphatic heterocycles. The van der Waals surface area contributed by atoms with Gasteiger partial charge in [0.05, 0.1) is 12.1 Å². The number of fused-ring (bicyclic) bond motifs is 3. The molecule has 1 aromatic carbocycles. The van der Waals surface area contributed by atoms with Crippen molar-refractivity contribution >= 4 is 17.6 Å². The molecule has 10 heteroatoms. The van der Waals surface area contributed by atoms with E-state index in [1.54, 1.807) is 17.7 Å². The van der Waals surface area contributed by atoms with Gasteiger partial charge in [0.2, 0.25) is 5.91 Å². The summed E-state index contributed by atoms with van der Waals surface area (Å²) in [6.45, 7) is 2.55. The second kappa shape index (κ2) is 8.26. The number of hydrogen-bond acceptors (Lipinski definition) is 5. The van der Waals surface area contributed by atoms with Gasteiger partial charge < -0.3 is 19.8 Å². The summed E-state index contributed by atoms with van der Waals surface area (Å²) in [5.41, 5.74) is 6.93. The number of benzene rings is 1. The quantitative estimate of drug-likeness (QED) is 0.750. The number of nitrogens with zero attached hydrogens (tertiary/aromatic N) is 3. The molecule has 2 N–H and O–H groups in total. The maximum atomic E-state index is 13.6. The fourth-order valence-corrected chi connectivity index (χ4v) is 4.05. The zero-order chi connectivity index (χ0) is 22.3. The van der Waals surface area contributed by atoms with Crippen LogP contribution in [-0.2, 0) is 27.3 Å². The van der Waals surface area contributed by atoms with Gasteiger partial charge in [0, 0.05) is 25.6 Å². The molecule has 2 aliphatic rings. The second-order valence-electron chi connectivity index (χ2n) is 7.87. The summed E-state index contributed by atoms with van der Waals surface area (Å²) in [4.78, 5) is 29.6. The fraction of sp³-hybridized carbons (Fsp3) is 0.476. The molecular formula is C21H24F2N4O4. The summed E-state index contributed by atoms with van der Waals surface area (Å²) in [5, 5.41) is 0. The van der Waals surface area contributed by atoms with Crippen molar-refractivity contribution < 1.29 is 27.8 Å². The third kappa shape index (κ3) is 3.87. The van der Waals surface area contributed by atoms with Crippen LogP contribution in [0.5, 0.6) is 5.75 Å². The number of anilines is 1. The molecule has 1 aromatic heterocycles. The van der Waals surface area contributed by atoms with Crippen molar-refractivity contribution in [3.63, 3.8) is 0 Å². The van der Waals surface area contributed by atoms with Crippen molar-refractivity contribution in [2.45, 2.75) is 44.9 Å². The molecule has 0 radical (unpaired) electrons. The Labute approximate surface area is 177 Å². The lowest BCUT2D eigenvalue weighted by Crippen LogP contribution is -2.39. The van der Waals surface area contributed by atoms with Crippen LogP contribution in [0.3, 0.4) is 0 Å². The topological polar surface area (TPSA) is 99.7 Å². The van der Waals surface area contributed by atoms with E-state index in [0.29, 0.717) is 36.7 Å². The first-order valence-electron chi connectivity index (χ1n) is 10.1. The van der Waals surface area contributed by atoms with Crippen LogP contribution in [0.2, 0.25) is 0 Å². The first-order valence-corrected chi connectivity index (χ1v) is 10.1. The lowest BCUT2D eigenvalue weighted by Gasteiger charge is -2.21. The number of ether oxygens (including phenoxy) is 2. The van der Waals surface area contributed by atoms with Crippen LogP contribution in [0.1, 0.15) is 18.9 Å².